The van der Waals surface area contributed by atoms with E-state index in [1.165, 1.54) is 0 Å². The summed E-state index contributed by atoms with van der Waals surface area (Å²) in [4.78, 5) is 2.05. The summed E-state index contributed by atoms with van der Waals surface area (Å²) < 4.78 is 7.91. The van der Waals surface area contributed by atoms with Crippen LogP contribution in [0.2, 0.25) is 5.02 Å². The summed E-state index contributed by atoms with van der Waals surface area (Å²) in [6, 6.07) is 15.8. The fourth-order valence-corrected chi connectivity index (χ4v) is 3.70. The van der Waals surface area contributed by atoms with Crippen LogP contribution < -0.4 is 4.74 Å². The summed E-state index contributed by atoms with van der Waals surface area (Å²) >= 11 is 5.97. The minimum Gasteiger partial charge on any atom is -0.476 e. The summed E-state index contributed by atoms with van der Waals surface area (Å²) in [6.07, 6.45) is -0.487. The van der Waals surface area contributed by atoms with E-state index in [1.807, 2.05) is 53.2 Å². The van der Waals surface area contributed by atoms with Gasteiger partial charge in [-0.3, -0.25) is 9.58 Å². The number of benzene rings is 2. The van der Waals surface area contributed by atoms with Gasteiger partial charge in [0.15, 0.2) is 0 Å². The average molecular weight is 402 g/mol. The Bertz CT molecular complexity index is 918. The SMILES string of the molecule is O[C@@H]1CN(CCCOc2nn(Cc3ccc(Cl)cc3)c3ccccc23)C[C@@H]1O. The monoisotopic (exact) mass is 401 g/mol. The van der Waals surface area contributed by atoms with E-state index in [0.29, 0.717) is 32.1 Å². The smallest absolute Gasteiger partial charge is 0.240 e. The first kappa shape index (κ1) is 19.2. The summed E-state index contributed by atoms with van der Waals surface area (Å²) in [6.45, 7) is 2.98. The van der Waals surface area contributed by atoms with E-state index in [1.54, 1.807) is 0 Å². The van der Waals surface area contributed by atoms with Crippen molar-refractivity contribution in [2.24, 2.45) is 0 Å². The summed E-state index contributed by atoms with van der Waals surface area (Å²) in [7, 11) is 0. The van der Waals surface area contributed by atoms with Crippen LogP contribution in [0.1, 0.15) is 12.0 Å². The molecule has 0 spiro atoms. The van der Waals surface area contributed by atoms with Gasteiger partial charge < -0.3 is 14.9 Å². The highest BCUT2D eigenvalue weighted by Gasteiger charge is 2.28. The molecule has 2 N–H and O–H groups in total. The normalized spacial score (nSPS) is 20.1. The third-order valence-corrected chi connectivity index (χ3v) is 5.31. The number of rotatable bonds is 7. The Labute approximate surface area is 168 Å². The molecule has 0 saturated carbocycles. The van der Waals surface area contributed by atoms with Crippen LogP contribution in [0.4, 0.5) is 0 Å². The lowest BCUT2D eigenvalue weighted by Crippen LogP contribution is -2.24. The Kier molecular flexibility index (Phi) is 5.82. The van der Waals surface area contributed by atoms with Crippen molar-refractivity contribution in [3.8, 4) is 5.88 Å². The van der Waals surface area contributed by atoms with Gasteiger partial charge in [-0.05, 0) is 36.2 Å². The Morgan fingerprint density at radius 2 is 1.75 bits per heavy atom. The zero-order valence-corrected chi connectivity index (χ0v) is 16.3. The number of para-hydroxylation sites is 1. The lowest BCUT2D eigenvalue weighted by Gasteiger charge is -2.14. The van der Waals surface area contributed by atoms with Crippen molar-refractivity contribution in [2.75, 3.05) is 26.2 Å². The van der Waals surface area contributed by atoms with Gasteiger partial charge in [-0.25, -0.2) is 0 Å². The molecule has 148 valence electrons. The van der Waals surface area contributed by atoms with E-state index in [0.717, 1.165) is 34.5 Å². The maximum absolute atomic E-state index is 9.62. The van der Waals surface area contributed by atoms with Gasteiger partial charge in [0.05, 0.1) is 36.3 Å². The number of aromatic nitrogens is 2. The van der Waals surface area contributed by atoms with Gasteiger partial charge in [-0.15, -0.1) is 5.10 Å². The van der Waals surface area contributed by atoms with Gasteiger partial charge in [0.2, 0.25) is 5.88 Å². The van der Waals surface area contributed by atoms with Crippen LogP contribution in [0, 0.1) is 0 Å². The number of ether oxygens (including phenoxy) is 1. The second-order valence-electron chi connectivity index (χ2n) is 7.20. The number of hydrogen-bond acceptors (Lipinski definition) is 5. The molecule has 1 aliphatic heterocycles. The predicted octanol–water partition coefficient (Wildman–Crippen LogP) is 2.54. The first-order chi connectivity index (χ1) is 13.6. The molecule has 6 nitrogen and oxygen atoms in total. The van der Waals surface area contributed by atoms with E-state index in [-0.39, 0.29) is 0 Å². The second-order valence-corrected chi connectivity index (χ2v) is 7.64. The highest BCUT2D eigenvalue weighted by atomic mass is 35.5. The summed E-state index contributed by atoms with van der Waals surface area (Å²) in [5.74, 6) is 0.631. The zero-order valence-electron chi connectivity index (χ0n) is 15.5. The quantitative estimate of drug-likeness (QED) is 0.595. The fourth-order valence-electron chi connectivity index (χ4n) is 3.57. The number of likely N-dealkylation sites (tertiary alicyclic amines) is 1. The van der Waals surface area contributed by atoms with Crippen molar-refractivity contribution in [3.63, 3.8) is 0 Å². The molecule has 0 aliphatic carbocycles. The highest BCUT2D eigenvalue weighted by Crippen LogP contribution is 2.26. The van der Waals surface area contributed by atoms with Crippen molar-refractivity contribution in [1.82, 2.24) is 14.7 Å². The number of aliphatic hydroxyl groups is 2. The molecule has 2 atom stereocenters. The van der Waals surface area contributed by atoms with E-state index >= 15 is 0 Å². The van der Waals surface area contributed by atoms with Crippen LogP contribution in [0.15, 0.2) is 48.5 Å². The largest absolute Gasteiger partial charge is 0.476 e. The van der Waals surface area contributed by atoms with E-state index in [4.69, 9.17) is 16.3 Å². The van der Waals surface area contributed by atoms with Gasteiger partial charge >= 0.3 is 0 Å². The van der Waals surface area contributed by atoms with E-state index < -0.39 is 12.2 Å². The van der Waals surface area contributed by atoms with Gasteiger partial charge in [-0.1, -0.05) is 35.9 Å². The van der Waals surface area contributed by atoms with Crippen molar-refractivity contribution in [3.05, 3.63) is 59.1 Å². The van der Waals surface area contributed by atoms with E-state index in [2.05, 4.69) is 10.00 Å². The molecule has 7 heteroatoms. The number of halogens is 1. The van der Waals surface area contributed by atoms with Crippen LogP contribution in [-0.2, 0) is 6.54 Å². The van der Waals surface area contributed by atoms with Crippen molar-refractivity contribution >= 4 is 22.5 Å². The van der Waals surface area contributed by atoms with Crippen LogP contribution >= 0.6 is 11.6 Å². The molecule has 0 amide bonds. The van der Waals surface area contributed by atoms with Crippen LogP contribution in [-0.4, -0.2) is 63.3 Å². The first-order valence-corrected chi connectivity index (χ1v) is 9.89. The Morgan fingerprint density at radius 1 is 1.04 bits per heavy atom. The molecule has 1 aliphatic rings. The van der Waals surface area contributed by atoms with Gasteiger partial charge in [0.25, 0.3) is 0 Å². The third kappa shape index (κ3) is 4.31. The Morgan fingerprint density at radius 3 is 2.50 bits per heavy atom. The standard InChI is InChI=1S/C21H24ClN3O3/c22-16-8-6-15(7-9-16)12-25-18-5-2-1-4-17(18)21(23-25)28-11-3-10-24-13-19(26)20(27)14-24/h1-2,4-9,19-20,26-27H,3,10-14H2/t19-,20+. The van der Waals surface area contributed by atoms with Gasteiger partial charge in [0, 0.05) is 24.7 Å². The molecular weight excluding hydrogens is 378 g/mol. The molecule has 3 aromatic rings. The van der Waals surface area contributed by atoms with E-state index in [9.17, 15) is 10.2 Å². The lowest BCUT2D eigenvalue weighted by atomic mass is 10.2. The highest BCUT2D eigenvalue weighted by molar-refractivity contribution is 6.30. The minimum atomic E-state index is -0.645. The first-order valence-electron chi connectivity index (χ1n) is 9.51. The average Bonchev–Trinajstić information content (AvgIpc) is 3.21. The fraction of sp³-hybridized carbons (Fsp3) is 0.381. The van der Waals surface area contributed by atoms with Crippen LogP contribution in [0.25, 0.3) is 10.9 Å². The molecule has 0 radical (unpaired) electrons. The van der Waals surface area contributed by atoms with Crippen LogP contribution in [0.5, 0.6) is 5.88 Å². The van der Waals surface area contributed by atoms with Crippen molar-refractivity contribution in [2.45, 2.75) is 25.2 Å². The zero-order chi connectivity index (χ0) is 19.5. The number of aliphatic hydroxyl groups excluding tert-OH is 2. The molecule has 2 aromatic carbocycles. The Hall–Kier alpha value is -2.12. The molecule has 1 saturated heterocycles. The second kappa shape index (κ2) is 8.49. The predicted molar refractivity (Wildman–Crippen MR) is 109 cm³/mol. The molecule has 0 unspecified atom stereocenters. The maximum atomic E-state index is 9.62. The van der Waals surface area contributed by atoms with Gasteiger partial charge in [0.1, 0.15) is 0 Å². The third-order valence-electron chi connectivity index (χ3n) is 5.06. The van der Waals surface area contributed by atoms with Crippen molar-refractivity contribution < 1.29 is 14.9 Å². The molecule has 2 heterocycles. The number of hydrogen-bond donors (Lipinski definition) is 2. The topological polar surface area (TPSA) is 70.8 Å². The summed E-state index contributed by atoms with van der Waals surface area (Å²) in [5.41, 5.74) is 2.15. The van der Waals surface area contributed by atoms with Gasteiger partial charge in [-0.2, -0.15) is 0 Å². The molecule has 0 bridgehead atoms. The Balaban J connectivity index is 1.40. The molecule has 28 heavy (non-hydrogen) atoms. The van der Waals surface area contributed by atoms with Crippen LogP contribution in [0.3, 0.4) is 0 Å². The molecule has 1 aromatic heterocycles. The summed E-state index contributed by atoms with van der Waals surface area (Å²) in [5, 5.41) is 25.6. The number of fused-ring (bicyclic) bond motifs is 1. The molecule has 1 fully saturated rings. The number of nitrogens with zero attached hydrogens (tertiary/aromatic N) is 3. The molecular formula is C21H24ClN3O3. The maximum Gasteiger partial charge on any atom is 0.240 e. The minimum absolute atomic E-state index is 0.514. The number of β-amino-alcohol motifs (C(OH)–C–C–N with tert-alkyl or cyclic N) is 2. The lowest BCUT2D eigenvalue weighted by molar-refractivity contribution is 0.0572. The van der Waals surface area contributed by atoms with Crippen molar-refractivity contribution in [1.29, 1.82) is 0 Å². The molecule has 4 rings (SSSR count).